The fourth-order valence-electron chi connectivity index (χ4n) is 6.59. The predicted molar refractivity (Wildman–Crippen MR) is 131 cm³/mol. The number of piperidine rings is 1. The van der Waals surface area contributed by atoms with Gasteiger partial charge in [-0.15, -0.1) is 0 Å². The van der Waals surface area contributed by atoms with E-state index < -0.39 is 5.60 Å². The maximum atomic E-state index is 13.4. The second-order valence-corrected chi connectivity index (χ2v) is 10.2. The maximum Gasteiger partial charge on any atom is 0.410 e. The van der Waals surface area contributed by atoms with Crippen LogP contribution in [0.25, 0.3) is 11.1 Å². The summed E-state index contributed by atoms with van der Waals surface area (Å²) in [5.41, 5.74) is 6.44. The van der Waals surface area contributed by atoms with Crippen LogP contribution in [0.1, 0.15) is 46.8 Å². The lowest BCUT2D eigenvalue weighted by Gasteiger charge is -2.51. The average molecular weight is 474 g/mol. The summed E-state index contributed by atoms with van der Waals surface area (Å²) in [6, 6.07) is 16.2. The van der Waals surface area contributed by atoms with Crippen LogP contribution in [0.4, 0.5) is 4.79 Å². The molecule has 182 valence electrons. The molecule has 6 rings (SSSR count). The van der Waals surface area contributed by atoms with Gasteiger partial charge in [-0.2, -0.15) is 5.10 Å². The van der Waals surface area contributed by atoms with Crippen molar-refractivity contribution in [2.24, 2.45) is 7.05 Å². The van der Waals surface area contributed by atoms with Crippen molar-refractivity contribution in [3.05, 3.63) is 76.6 Å². The third-order valence-electron chi connectivity index (χ3n) is 8.08. The first-order valence-electron chi connectivity index (χ1n) is 12.3. The van der Waals surface area contributed by atoms with Crippen molar-refractivity contribution in [3.8, 4) is 11.1 Å². The number of aromatic nitrogens is 2. The van der Waals surface area contributed by atoms with Crippen molar-refractivity contribution < 1.29 is 19.4 Å². The van der Waals surface area contributed by atoms with Gasteiger partial charge in [0.05, 0.1) is 36.6 Å². The van der Waals surface area contributed by atoms with Gasteiger partial charge in [0.25, 0.3) is 0 Å². The van der Waals surface area contributed by atoms with E-state index in [1.807, 2.05) is 54.7 Å². The molecule has 0 saturated carbocycles. The minimum atomic E-state index is -1.04. The highest BCUT2D eigenvalue weighted by Gasteiger charge is 2.51. The van der Waals surface area contributed by atoms with Gasteiger partial charge in [0, 0.05) is 37.1 Å². The molecular formula is C28H31N3O4. The topological polar surface area (TPSA) is 76.8 Å². The van der Waals surface area contributed by atoms with Gasteiger partial charge in [0.1, 0.15) is 6.61 Å². The maximum absolute atomic E-state index is 13.4. The van der Waals surface area contributed by atoms with Gasteiger partial charge in [-0.05, 0) is 36.1 Å². The molecule has 2 fully saturated rings. The van der Waals surface area contributed by atoms with Gasteiger partial charge in [-0.1, -0.05) is 48.5 Å². The standard InChI is InChI=1S/C28H31N3O4/c1-17-26(18(2)30(3)29-17)28(33)12-19-14-34-15-20(13-28)31(19)27(32)35-16-25-23-10-6-4-8-21(23)22-9-5-7-11-24(22)25/h4-11,19-20,25,33H,12-16H2,1-3H3. The predicted octanol–water partition coefficient (Wildman–Crippen LogP) is 4.04. The number of amides is 1. The Hall–Kier alpha value is -3.16. The van der Waals surface area contributed by atoms with Crippen LogP contribution in [0.15, 0.2) is 48.5 Å². The summed E-state index contributed by atoms with van der Waals surface area (Å²) < 4.78 is 13.6. The lowest BCUT2D eigenvalue weighted by Crippen LogP contribution is -2.62. The molecule has 2 aromatic carbocycles. The zero-order valence-electron chi connectivity index (χ0n) is 20.4. The minimum Gasteiger partial charge on any atom is -0.448 e. The number of hydrogen-bond acceptors (Lipinski definition) is 5. The Balaban J connectivity index is 1.22. The van der Waals surface area contributed by atoms with Crippen LogP contribution >= 0.6 is 0 Å². The van der Waals surface area contributed by atoms with E-state index in [9.17, 15) is 9.90 Å². The van der Waals surface area contributed by atoms with E-state index in [4.69, 9.17) is 9.47 Å². The molecule has 3 aliphatic rings. The summed E-state index contributed by atoms with van der Waals surface area (Å²) in [6.07, 6.45) is 0.481. The Morgan fingerprint density at radius 2 is 1.63 bits per heavy atom. The van der Waals surface area contributed by atoms with Crippen LogP contribution in [-0.2, 0) is 22.1 Å². The summed E-state index contributed by atoms with van der Waals surface area (Å²) in [4.78, 5) is 15.2. The number of aliphatic hydroxyl groups is 1. The van der Waals surface area contributed by atoms with Crippen LogP contribution in [0, 0.1) is 13.8 Å². The number of fused-ring (bicyclic) bond motifs is 5. The number of carbonyl (C=O) groups is 1. The Kier molecular flexibility index (Phi) is 5.23. The van der Waals surface area contributed by atoms with Gasteiger partial charge in [0.2, 0.25) is 0 Å². The molecule has 3 aromatic rings. The normalized spacial score (nSPS) is 25.3. The van der Waals surface area contributed by atoms with E-state index in [1.54, 1.807) is 0 Å². The number of hydrogen-bond donors (Lipinski definition) is 1. The summed E-state index contributed by atoms with van der Waals surface area (Å²) in [5.74, 6) is 0.0184. The van der Waals surface area contributed by atoms with Crippen molar-refractivity contribution in [2.45, 2.75) is 50.3 Å². The molecule has 2 saturated heterocycles. The van der Waals surface area contributed by atoms with E-state index in [-0.39, 0.29) is 30.7 Å². The number of aryl methyl sites for hydroxylation is 2. The van der Waals surface area contributed by atoms with Crippen molar-refractivity contribution in [2.75, 3.05) is 19.8 Å². The highest BCUT2D eigenvalue weighted by atomic mass is 16.6. The van der Waals surface area contributed by atoms with Crippen LogP contribution in [0.3, 0.4) is 0 Å². The van der Waals surface area contributed by atoms with Crippen molar-refractivity contribution >= 4 is 6.09 Å². The van der Waals surface area contributed by atoms with Gasteiger partial charge >= 0.3 is 6.09 Å². The summed E-state index contributed by atoms with van der Waals surface area (Å²) in [6.45, 7) is 4.99. The molecule has 7 heteroatoms. The monoisotopic (exact) mass is 473 g/mol. The van der Waals surface area contributed by atoms with Gasteiger partial charge in [0.15, 0.2) is 0 Å². The third kappa shape index (κ3) is 3.48. The molecule has 35 heavy (non-hydrogen) atoms. The lowest BCUT2D eigenvalue weighted by molar-refractivity contribution is -0.136. The Morgan fingerprint density at radius 1 is 1.06 bits per heavy atom. The summed E-state index contributed by atoms with van der Waals surface area (Å²) >= 11 is 0. The second kappa shape index (κ2) is 8.21. The molecular weight excluding hydrogens is 442 g/mol. The number of carbonyl (C=O) groups excluding carboxylic acids is 1. The zero-order chi connectivity index (χ0) is 24.3. The molecule has 2 bridgehead atoms. The summed E-state index contributed by atoms with van der Waals surface area (Å²) in [7, 11) is 1.89. The third-order valence-corrected chi connectivity index (χ3v) is 8.08. The SMILES string of the molecule is Cc1nn(C)c(C)c1C1(O)CC2COCC(C1)N2C(=O)OCC1c2ccccc2-c2ccccc21. The van der Waals surface area contributed by atoms with Crippen molar-refractivity contribution in [3.63, 3.8) is 0 Å². The highest BCUT2D eigenvalue weighted by molar-refractivity contribution is 5.79. The van der Waals surface area contributed by atoms with E-state index in [0.717, 1.165) is 17.0 Å². The van der Waals surface area contributed by atoms with Crippen LogP contribution in [0.5, 0.6) is 0 Å². The molecule has 2 atom stereocenters. The molecule has 2 unspecified atom stereocenters. The average Bonchev–Trinajstić information content (AvgIpc) is 3.29. The summed E-state index contributed by atoms with van der Waals surface area (Å²) in [5, 5.41) is 16.3. The first-order valence-corrected chi connectivity index (χ1v) is 12.3. The van der Waals surface area contributed by atoms with Crippen LogP contribution < -0.4 is 0 Å². The van der Waals surface area contributed by atoms with Gasteiger partial charge in [-0.25, -0.2) is 4.79 Å². The number of benzene rings is 2. The lowest BCUT2D eigenvalue weighted by atomic mass is 9.76. The molecule has 2 aliphatic heterocycles. The van der Waals surface area contributed by atoms with E-state index in [0.29, 0.717) is 26.1 Å². The first-order chi connectivity index (χ1) is 16.9. The van der Waals surface area contributed by atoms with Crippen molar-refractivity contribution in [1.29, 1.82) is 0 Å². The number of nitrogens with zero attached hydrogens (tertiary/aromatic N) is 3. The molecule has 1 amide bonds. The second-order valence-electron chi connectivity index (χ2n) is 10.2. The number of rotatable bonds is 3. The number of ether oxygens (including phenoxy) is 2. The van der Waals surface area contributed by atoms with Crippen molar-refractivity contribution in [1.82, 2.24) is 14.7 Å². The van der Waals surface area contributed by atoms with E-state index in [1.165, 1.54) is 22.3 Å². The fraction of sp³-hybridized carbons (Fsp3) is 0.429. The van der Waals surface area contributed by atoms with Crippen LogP contribution in [-0.4, -0.2) is 57.8 Å². The molecule has 0 spiro atoms. The smallest absolute Gasteiger partial charge is 0.410 e. The Morgan fingerprint density at radius 3 is 2.17 bits per heavy atom. The molecule has 7 nitrogen and oxygen atoms in total. The quantitative estimate of drug-likeness (QED) is 0.621. The molecule has 1 aliphatic carbocycles. The first kappa shape index (κ1) is 22.3. The Labute approximate surface area is 205 Å². The Bertz CT molecular complexity index is 1240. The van der Waals surface area contributed by atoms with E-state index >= 15 is 0 Å². The minimum absolute atomic E-state index is 0.0184. The largest absolute Gasteiger partial charge is 0.448 e. The van der Waals surface area contributed by atoms with Gasteiger partial charge < -0.3 is 14.6 Å². The molecule has 1 aromatic heterocycles. The number of morpholine rings is 1. The molecule has 0 radical (unpaired) electrons. The van der Waals surface area contributed by atoms with E-state index in [2.05, 4.69) is 29.4 Å². The highest BCUT2D eigenvalue weighted by Crippen LogP contribution is 2.46. The fourth-order valence-corrected chi connectivity index (χ4v) is 6.59. The molecule has 3 heterocycles. The van der Waals surface area contributed by atoms with Crippen LogP contribution in [0.2, 0.25) is 0 Å². The zero-order valence-corrected chi connectivity index (χ0v) is 20.4. The molecule has 1 N–H and O–H groups in total. The van der Waals surface area contributed by atoms with Gasteiger partial charge in [-0.3, -0.25) is 9.58 Å².